The van der Waals surface area contributed by atoms with Crippen LogP contribution in [0.3, 0.4) is 0 Å². The first-order chi connectivity index (χ1) is 18.1. The van der Waals surface area contributed by atoms with Gasteiger partial charge in [0.25, 0.3) is 0 Å². The number of halogens is 1. The molecule has 0 spiro atoms. The van der Waals surface area contributed by atoms with Crippen LogP contribution in [0.25, 0.3) is 16.8 Å². The van der Waals surface area contributed by atoms with Crippen LogP contribution in [0.4, 0.5) is 4.79 Å². The molecule has 0 fully saturated rings. The van der Waals surface area contributed by atoms with Gasteiger partial charge in [-0.3, -0.25) is 4.79 Å². The standard InChI is InChI=1S/C30H22ClN3O2S/c1-36-25-14-10-21(11-15-25)27-18-26(23-9-8-20-4-2-3-5-22(20)17-23)33-34(27)29-28(37-30(35)32-29)16-19-6-12-24(31)13-7-19/h2-17,27H,18H2,1H3/b28-16-/t27-/m0/s1. The predicted molar refractivity (Wildman–Crippen MR) is 153 cm³/mol. The van der Waals surface area contributed by atoms with Gasteiger partial charge in [-0.05, 0) is 75.6 Å². The second-order valence-electron chi connectivity index (χ2n) is 8.81. The maximum Gasteiger partial charge on any atom is 0.311 e. The molecule has 5 nitrogen and oxygen atoms in total. The van der Waals surface area contributed by atoms with Crippen LogP contribution in [0, 0.1) is 0 Å². The zero-order valence-electron chi connectivity index (χ0n) is 20.0. The molecule has 0 N–H and O–H groups in total. The van der Waals surface area contributed by atoms with Gasteiger partial charge in [-0.15, -0.1) is 0 Å². The lowest BCUT2D eigenvalue weighted by Gasteiger charge is -2.24. The summed E-state index contributed by atoms with van der Waals surface area (Å²) in [5.41, 5.74) is 4.01. The van der Waals surface area contributed by atoms with Crippen LogP contribution < -0.4 is 4.74 Å². The number of hydrogen-bond acceptors (Lipinski definition) is 5. The van der Waals surface area contributed by atoms with Gasteiger partial charge in [-0.25, -0.2) is 5.01 Å². The molecule has 2 heterocycles. The molecule has 0 unspecified atom stereocenters. The fourth-order valence-corrected chi connectivity index (χ4v) is 5.48. The Labute approximate surface area is 224 Å². The van der Waals surface area contributed by atoms with E-state index in [2.05, 4.69) is 35.3 Å². The molecule has 0 saturated heterocycles. The predicted octanol–water partition coefficient (Wildman–Crippen LogP) is 7.96. The Morgan fingerprint density at radius 3 is 2.49 bits per heavy atom. The van der Waals surface area contributed by atoms with Gasteiger partial charge in [0.15, 0.2) is 5.84 Å². The highest BCUT2D eigenvalue weighted by molar-refractivity contribution is 8.18. The average molecular weight is 524 g/mol. The lowest BCUT2D eigenvalue weighted by atomic mass is 9.97. The number of fused-ring (bicyclic) bond motifs is 1. The van der Waals surface area contributed by atoms with Crippen molar-refractivity contribution in [3.8, 4) is 5.75 Å². The monoisotopic (exact) mass is 523 g/mol. The number of thioether (sulfide) groups is 1. The number of carbonyl (C=O) groups excluding carboxylic acids is 1. The summed E-state index contributed by atoms with van der Waals surface area (Å²) in [5.74, 6) is 1.35. The number of amides is 1. The summed E-state index contributed by atoms with van der Waals surface area (Å²) in [6, 6.07) is 30.1. The van der Waals surface area contributed by atoms with Crippen molar-refractivity contribution >= 4 is 57.0 Å². The molecule has 1 amide bonds. The zero-order chi connectivity index (χ0) is 25.4. The van der Waals surface area contributed by atoms with Crippen molar-refractivity contribution in [2.45, 2.75) is 12.5 Å². The van der Waals surface area contributed by atoms with Crippen LogP contribution >= 0.6 is 23.4 Å². The van der Waals surface area contributed by atoms with Gasteiger partial charge < -0.3 is 4.74 Å². The summed E-state index contributed by atoms with van der Waals surface area (Å²) in [4.78, 5) is 17.7. The molecular formula is C30H22ClN3O2S. The van der Waals surface area contributed by atoms with Crippen LogP contribution in [0.15, 0.2) is 106 Å². The first-order valence-corrected chi connectivity index (χ1v) is 13.0. The van der Waals surface area contributed by atoms with Crippen molar-refractivity contribution in [1.29, 1.82) is 0 Å². The van der Waals surface area contributed by atoms with E-state index in [1.54, 1.807) is 7.11 Å². The molecule has 0 bridgehead atoms. The van der Waals surface area contributed by atoms with Crippen molar-refractivity contribution in [2.75, 3.05) is 7.11 Å². The highest BCUT2D eigenvalue weighted by atomic mass is 35.5. The molecule has 1 atom stereocenters. The summed E-state index contributed by atoms with van der Waals surface area (Å²) in [7, 11) is 1.65. The molecule has 7 heteroatoms. The molecule has 0 radical (unpaired) electrons. The first kappa shape index (κ1) is 23.5. The lowest BCUT2D eigenvalue weighted by Crippen LogP contribution is -2.26. The van der Waals surface area contributed by atoms with Crippen molar-refractivity contribution in [3.05, 3.63) is 118 Å². The topological polar surface area (TPSA) is 54.3 Å². The van der Waals surface area contributed by atoms with Crippen LogP contribution in [0.2, 0.25) is 5.02 Å². The number of nitrogens with zero attached hydrogens (tertiary/aromatic N) is 3. The van der Waals surface area contributed by atoms with Gasteiger partial charge in [-0.1, -0.05) is 72.3 Å². The molecule has 37 heavy (non-hydrogen) atoms. The molecular weight excluding hydrogens is 502 g/mol. The van der Waals surface area contributed by atoms with E-state index in [1.165, 1.54) is 5.39 Å². The molecule has 0 aliphatic carbocycles. The number of hydrazone groups is 1. The Kier molecular flexibility index (Phi) is 6.28. The Balaban J connectivity index is 1.42. The molecule has 0 saturated carbocycles. The number of rotatable bonds is 4. The lowest BCUT2D eigenvalue weighted by molar-refractivity contribution is 0.267. The van der Waals surface area contributed by atoms with E-state index in [4.69, 9.17) is 21.4 Å². The summed E-state index contributed by atoms with van der Waals surface area (Å²) in [6.45, 7) is 0. The molecule has 2 aliphatic heterocycles. The number of amidine groups is 1. The third kappa shape index (κ3) is 4.78. The number of ether oxygens (including phenoxy) is 1. The first-order valence-electron chi connectivity index (χ1n) is 11.9. The maximum atomic E-state index is 12.5. The van der Waals surface area contributed by atoms with E-state index in [-0.39, 0.29) is 11.3 Å². The van der Waals surface area contributed by atoms with E-state index in [0.717, 1.165) is 50.2 Å². The quantitative estimate of drug-likeness (QED) is 0.272. The zero-order valence-corrected chi connectivity index (χ0v) is 21.5. The molecule has 6 rings (SSSR count). The number of methoxy groups -OCH3 is 1. The largest absolute Gasteiger partial charge is 0.497 e. The van der Waals surface area contributed by atoms with E-state index < -0.39 is 0 Å². The second kappa shape index (κ2) is 9.88. The van der Waals surface area contributed by atoms with E-state index in [0.29, 0.717) is 17.3 Å². The highest BCUT2D eigenvalue weighted by Gasteiger charge is 2.37. The van der Waals surface area contributed by atoms with Crippen molar-refractivity contribution in [3.63, 3.8) is 0 Å². The van der Waals surface area contributed by atoms with Crippen LogP contribution in [-0.2, 0) is 0 Å². The van der Waals surface area contributed by atoms with E-state index in [9.17, 15) is 4.79 Å². The minimum atomic E-state index is -0.252. The van der Waals surface area contributed by atoms with Gasteiger partial charge in [0.05, 0.1) is 23.8 Å². The summed E-state index contributed by atoms with van der Waals surface area (Å²) in [6.07, 6.45) is 2.64. The molecule has 4 aromatic rings. The van der Waals surface area contributed by atoms with E-state index >= 15 is 0 Å². The Morgan fingerprint density at radius 2 is 1.73 bits per heavy atom. The highest BCUT2D eigenvalue weighted by Crippen LogP contribution is 2.40. The summed E-state index contributed by atoms with van der Waals surface area (Å²) < 4.78 is 5.36. The molecule has 182 valence electrons. The van der Waals surface area contributed by atoms with Crippen LogP contribution in [-0.4, -0.2) is 28.9 Å². The van der Waals surface area contributed by atoms with Gasteiger partial charge in [0, 0.05) is 11.4 Å². The number of hydrogen-bond donors (Lipinski definition) is 0. The smallest absolute Gasteiger partial charge is 0.311 e. The summed E-state index contributed by atoms with van der Waals surface area (Å²) >= 11 is 7.18. The minimum Gasteiger partial charge on any atom is -0.497 e. The van der Waals surface area contributed by atoms with Gasteiger partial charge in [-0.2, -0.15) is 10.1 Å². The van der Waals surface area contributed by atoms with Crippen LogP contribution in [0.1, 0.15) is 29.2 Å². The fourth-order valence-electron chi connectivity index (χ4n) is 4.61. The second-order valence-corrected chi connectivity index (χ2v) is 10.2. The van der Waals surface area contributed by atoms with Crippen molar-refractivity contribution in [2.24, 2.45) is 10.1 Å². The number of carbonyl (C=O) groups is 1. The summed E-state index contributed by atoms with van der Waals surface area (Å²) in [5, 5.41) is 9.70. The molecule has 0 aromatic heterocycles. The van der Waals surface area contributed by atoms with Gasteiger partial charge >= 0.3 is 5.24 Å². The minimum absolute atomic E-state index is 0.119. The number of benzene rings is 4. The van der Waals surface area contributed by atoms with Crippen molar-refractivity contribution in [1.82, 2.24) is 5.01 Å². The maximum absolute atomic E-state index is 12.5. The number of aliphatic imine (C=N–C) groups is 1. The van der Waals surface area contributed by atoms with Crippen molar-refractivity contribution < 1.29 is 9.53 Å². The van der Waals surface area contributed by atoms with Gasteiger partial charge in [0.1, 0.15) is 5.75 Å². The molecule has 2 aliphatic rings. The third-order valence-corrected chi connectivity index (χ3v) is 7.53. The van der Waals surface area contributed by atoms with Gasteiger partial charge in [0.2, 0.25) is 0 Å². The Bertz CT molecular complexity index is 1590. The fraction of sp³-hybridized carbons (Fsp3) is 0.100. The van der Waals surface area contributed by atoms with E-state index in [1.807, 2.05) is 71.7 Å². The van der Waals surface area contributed by atoms with Crippen LogP contribution in [0.5, 0.6) is 5.75 Å². The average Bonchev–Trinajstić information content (AvgIpc) is 3.53. The Hall–Kier alpha value is -3.87. The Morgan fingerprint density at radius 1 is 0.973 bits per heavy atom. The molecule has 4 aromatic carbocycles. The third-order valence-electron chi connectivity index (χ3n) is 6.49. The normalized spacial score (nSPS) is 18.4. The SMILES string of the molecule is COc1ccc([C@@H]2CC(c3ccc4ccccc4c3)=NN2C2=NC(=O)S/C2=C\c2ccc(Cl)cc2)cc1.